The van der Waals surface area contributed by atoms with Crippen molar-refractivity contribution in [2.45, 2.75) is 40.2 Å². The van der Waals surface area contributed by atoms with Gasteiger partial charge in [-0.15, -0.1) is 0 Å². The SMILES string of the molecule is CCCCOc1ncc(F)cc1CNCC(C)C. The molecular formula is C14H23FN2O. The van der Waals surface area contributed by atoms with E-state index in [4.69, 9.17) is 4.74 Å². The number of unbranched alkanes of at least 4 members (excludes halogenated alkanes) is 1. The second kappa shape index (κ2) is 8.03. The first-order chi connectivity index (χ1) is 8.63. The summed E-state index contributed by atoms with van der Waals surface area (Å²) >= 11 is 0. The van der Waals surface area contributed by atoms with Gasteiger partial charge in [0.25, 0.3) is 0 Å². The van der Waals surface area contributed by atoms with E-state index in [1.165, 1.54) is 12.3 Å². The zero-order chi connectivity index (χ0) is 13.4. The molecule has 1 N–H and O–H groups in total. The molecule has 0 aliphatic carbocycles. The first-order valence-electron chi connectivity index (χ1n) is 6.61. The van der Waals surface area contributed by atoms with Crippen LogP contribution in [0.1, 0.15) is 39.2 Å². The predicted molar refractivity (Wildman–Crippen MR) is 71.1 cm³/mol. The number of aromatic nitrogens is 1. The third-order valence-corrected chi connectivity index (χ3v) is 2.50. The lowest BCUT2D eigenvalue weighted by atomic mass is 10.2. The summed E-state index contributed by atoms with van der Waals surface area (Å²) in [6, 6.07) is 1.49. The Kier molecular flexibility index (Phi) is 6.65. The van der Waals surface area contributed by atoms with E-state index in [1.807, 2.05) is 0 Å². The minimum atomic E-state index is -0.320. The maximum absolute atomic E-state index is 13.2. The fourth-order valence-corrected chi connectivity index (χ4v) is 1.53. The predicted octanol–water partition coefficient (Wildman–Crippen LogP) is 3.15. The normalized spacial score (nSPS) is 10.9. The number of rotatable bonds is 8. The van der Waals surface area contributed by atoms with Gasteiger partial charge < -0.3 is 10.1 Å². The van der Waals surface area contributed by atoms with E-state index in [1.54, 1.807) is 0 Å². The van der Waals surface area contributed by atoms with Crippen molar-refractivity contribution in [3.63, 3.8) is 0 Å². The molecule has 102 valence electrons. The van der Waals surface area contributed by atoms with Crippen LogP contribution in [0.15, 0.2) is 12.3 Å². The molecule has 0 amide bonds. The molecule has 4 heteroatoms. The van der Waals surface area contributed by atoms with Crippen molar-refractivity contribution in [1.82, 2.24) is 10.3 Å². The van der Waals surface area contributed by atoms with Crippen LogP contribution in [-0.4, -0.2) is 18.1 Å². The molecule has 0 aliphatic rings. The van der Waals surface area contributed by atoms with E-state index in [2.05, 4.69) is 31.1 Å². The number of halogens is 1. The molecule has 1 heterocycles. The third-order valence-electron chi connectivity index (χ3n) is 2.50. The van der Waals surface area contributed by atoms with Crippen LogP contribution in [-0.2, 0) is 6.54 Å². The summed E-state index contributed by atoms with van der Waals surface area (Å²) < 4.78 is 18.7. The number of nitrogens with one attached hydrogen (secondary N) is 1. The molecule has 1 aromatic heterocycles. The van der Waals surface area contributed by atoms with Crippen LogP contribution < -0.4 is 10.1 Å². The lowest BCUT2D eigenvalue weighted by Gasteiger charge is -2.12. The zero-order valence-corrected chi connectivity index (χ0v) is 11.5. The van der Waals surface area contributed by atoms with Gasteiger partial charge in [-0.2, -0.15) is 0 Å². The monoisotopic (exact) mass is 254 g/mol. The van der Waals surface area contributed by atoms with Gasteiger partial charge in [0.1, 0.15) is 5.82 Å². The molecule has 0 bridgehead atoms. The van der Waals surface area contributed by atoms with E-state index in [0.29, 0.717) is 24.9 Å². The summed E-state index contributed by atoms with van der Waals surface area (Å²) in [5, 5.41) is 3.27. The van der Waals surface area contributed by atoms with Crippen molar-refractivity contribution < 1.29 is 9.13 Å². The van der Waals surface area contributed by atoms with Crippen LogP contribution in [0.4, 0.5) is 4.39 Å². The average molecular weight is 254 g/mol. The Morgan fingerprint density at radius 3 is 2.89 bits per heavy atom. The Bertz CT molecular complexity index is 356. The minimum Gasteiger partial charge on any atom is -0.477 e. The van der Waals surface area contributed by atoms with Gasteiger partial charge >= 0.3 is 0 Å². The topological polar surface area (TPSA) is 34.1 Å². The van der Waals surface area contributed by atoms with Gasteiger partial charge in [0.15, 0.2) is 0 Å². The van der Waals surface area contributed by atoms with Gasteiger partial charge in [-0.3, -0.25) is 0 Å². The molecule has 3 nitrogen and oxygen atoms in total. The van der Waals surface area contributed by atoms with Crippen molar-refractivity contribution in [1.29, 1.82) is 0 Å². The Hall–Kier alpha value is -1.16. The number of ether oxygens (including phenoxy) is 1. The fourth-order valence-electron chi connectivity index (χ4n) is 1.53. The van der Waals surface area contributed by atoms with Crippen LogP contribution in [0, 0.1) is 11.7 Å². The highest BCUT2D eigenvalue weighted by molar-refractivity contribution is 5.26. The third kappa shape index (κ3) is 5.45. The largest absolute Gasteiger partial charge is 0.477 e. The summed E-state index contributed by atoms with van der Waals surface area (Å²) in [6.07, 6.45) is 3.26. The first kappa shape index (κ1) is 14.9. The molecule has 0 aromatic carbocycles. The Morgan fingerprint density at radius 2 is 2.22 bits per heavy atom. The summed E-state index contributed by atoms with van der Waals surface area (Å²) in [7, 11) is 0. The lowest BCUT2D eigenvalue weighted by Crippen LogP contribution is -2.20. The molecule has 0 fully saturated rings. The molecule has 1 aromatic rings. The molecule has 0 aliphatic heterocycles. The van der Waals surface area contributed by atoms with Gasteiger partial charge in [-0.05, 0) is 24.9 Å². The Morgan fingerprint density at radius 1 is 1.44 bits per heavy atom. The lowest BCUT2D eigenvalue weighted by molar-refractivity contribution is 0.292. The van der Waals surface area contributed by atoms with E-state index < -0.39 is 0 Å². The molecule has 0 spiro atoms. The first-order valence-corrected chi connectivity index (χ1v) is 6.61. The molecule has 0 saturated carbocycles. The van der Waals surface area contributed by atoms with Crippen LogP contribution in [0.5, 0.6) is 5.88 Å². The number of hydrogen-bond acceptors (Lipinski definition) is 3. The summed E-state index contributed by atoms with van der Waals surface area (Å²) in [5.41, 5.74) is 0.784. The standard InChI is InChI=1S/C14H23FN2O/c1-4-5-6-18-14-12(7-13(15)10-17-14)9-16-8-11(2)3/h7,10-11,16H,4-6,8-9H2,1-3H3. The molecule has 1 rings (SSSR count). The van der Waals surface area contributed by atoms with E-state index in [-0.39, 0.29) is 5.82 Å². The van der Waals surface area contributed by atoms with Crippen LogP contribution in [0.3, 0.4) is 0 Å². The smallest absolute Gasteiger partial charge is 0.218 e. The summed E-state index contributed by atoms with van der Waals surface area (Å²) in [6.45, 7) is 8.49. The Balaban J connectivity index is 2.58. The van der Waals surface area contributed by atoms with Gasteiger partial charge in [0.2, 0.25) is 5.88 Å². The van der Waals surface area contributed by atoms with E-state index in [9.17, 15) is 4.39 Å². The molecule has 0 radical (unpaired) electrons. The molecule has 18 heavy (non-hydrogen) atoms. The molecular weight excluding hydrogens is 231 g/mol. The highest BCUT2D eigenvalue weighted by Gasteiger charge is 2.07. The second-order valence-electron chi connectivity index (χ2n) is 4.84. The van der Waals surface area contributed by atoms with Gasteiger partial charge in [-0.1, -0.05) is 27.2 Å². The number of hydrogen-bond donors (Lipinski definition) is 1. The van der Waals surface area contributed by atoms with E-state index >= 15 is 0 Å². The van der Waals surface area contributed by atoms with E-state index in [0.717, 1.165) is 24.9 Å². The maximum atomic E-state index is 13.2. The second-order valence-corrected chi connectivity index (χ2v) is 4.84. The number of pyridine rings is 1. The quantitative estimate of drug-likeness (QED) is 0.724. The maximum Gasteiger partial charge on any atom is 0.218 e. The van der Waals surface area contributed by atoms with Gasteiger partial charge in [-0.25, -0.2) is 9.37 Å². The van der Waals surface area contributed by atoms with Crippen LogP contribution >= 0.6 is 0 Å². The van der Waals surface area contributed by atoms with Crippen LogP contribution in [0.2, 0.25) is 0 Å². The molecule has 0 unspecified atom stereocenters. The molecule has 0 saturated heterocycles. The number of nitrogens with zero attached hydrogens (tertiary/aromatic N) is 1. The highest BCUT2D eigenvalue weighted by atomic mass is 19.1. The van der Waals surface area contributed by atoms with Crippen molar-refractivity contribution in [3.05, 3.63) is 23.6 Å². The van der Waals surface area contributed by atoms with Gasteiger partial charge in [0.05, 0.1) is 12.8 Å². The minimum absolute atomic E-state index is 0.320. The highest BCUT2D eigenvalue weighted by Crippen LogP contribution is 2.16. The van der Waals surface area contributed by atoms with Crippen LogP contribution in [0.25, 0.3) is 0 Å². The van der Waals surface area contributed by atoms with Crippen molar-refractivity contribution in [2.24, 2.45) is 5.92 Å². The van der Waals surface area contributed by atoms with Crippen molar-refractivity contribution in [2.75, 3.05) is 13.2 Å². The zero-order valence-electron chi connectivity index (χ0n) is 11.5. The summed E-state index contributed by atoms with van der Waals surface area (Å²) in [5.74, 6) is 0.788. The Labute approximate surface area is 109 Å². The fraction of sp³-hybridized carbons (Fsp3) is 0.643. The average Bonchev–Trinajstić information content (AvgIpc) is 2.31. The van der Waals surface area contributed by atoms with Gasteiger partial charge in [0, 0.05) is 12.1 Å². The summed E-state index contributed by atoms with van der Waals surface area (Å²) in [4.78, 5) is 4.01. The molecule has 0 atom stereocenters. The van der Waals surface area contributed by atoms with Crippen molar-refractivity contribution >= 4 is 0 Å². The van der Waals surface area contributed by atoms with Crippen molar-refractivity contribution in [3.8, 4) is 5.88 Å².